The number of benzene rings is 2. The van der Waals surface area contributed by atoms with Crippen molar-refractivity contribution in [3.63, 3.8) is 0 Å². The number of carbonyl (C=O) groups is 2. The first kappa shape index (κ1) is 18.6. The average molecular weight is 364 g/mol. The van der Waals surface area contributed by atoms with Crippen molar-refractivity contribution in [3.05, 3.63) is 54.9 Å². The lowest BCUT2D eigenvalue weighted by Gasteiger charge is -2.09. The molecular formula is C21H24N4O2. The first-order valence-electron chi connectivity index (χ1n) is 9.11. The summed E-state index contributed by atoms with van der Waals surface area (Å²) in [6, 6.07) is 15.0. The molecule has 3 rings (SSSR count). The van der Waals surface area contributed by atoms with E-state index in [0.29, 0.717) is 31.0 Å². The molecule has 6 heteroatoms. The molecule has 0 bridgehead atoms. The first-order chi connectivity index (χ1) is 13.0. The van der Waals surface area contributed by atoms with Crippen LogP contribution in [0.3, 0.4) is 0 Å². The third-order valence-electron chi connectivity index (χ3n) is 4.15. The van der Waals surface area contributed by atoms with E-state index in [-0.39, 0.29) is 11.8 Å². The van der Waals surface area contributed by atoms with Gasteiger partial charge in [-0.1, -0.05) is 26.0 Å². The summed E-state index contributed by atoms with van der Waals surface area (Å²) in [6.45, 7) is 4.57. The molecule has 0 spiro atoms. The molecule has 0 atom stereocenters. The number of carbonyl (C=O) groups excluding carboxylic acids is 2. The Labute approximate surface area is 158 Å². The highest BCUT2D eigenvalue weighted by molar-refractivity contribution is 5.93. The van der Waals surface area contributed by atoms with Gasteiger partial charge in [-0.3, -0.25) is 9.59 Å². The van der Waals surface area contributed by atoms with Gasteiger partial charge in [0, 0.05) is 30.8 Å². The number of amides is 2. The van der Waals surface area contributed by atoms with Crippen LogP contribution in [-0.4, -0.2) is 21.4 Å². The molecule has 0 saturated heterocycles. The van der Waals surface area contributed by atoms with Crippen molar-refractivity contribution in [2.45, 2.75) is 33.2 Å². The topological polar surface area (TPSA) is 76.0 Å². The second kappa shape index (κ2) is 8.49. The van der Waals surface area contributed by atoms with Crippen molar-refractivity contribution in [2.75, 3.05) is 10.6 Å². The van der Waals surface area contributed by atoms with Crippen LogP contribution in [0.25, 0.3) is 11.0 Å². The third-order valence-corrected chi connectivity index (χ3v) is 4.15. The van der Waals surface area contributed by atoms with Crippen molar-refractivity contribution in [2.24, 2.45) is 5.92 Å². The summed E-state index contributed by atoms with van der Waals surface area (Å²) in [4.78, 5) is 28.3. The number of para-hydroxylation sites is 2. The molecule has 6 nitrogen and oxygen atoms in total. The van der Waals surface area contributed by atoms with E-state index in [1.165, 1.54) is 0 Å². The summed E-state index contributed by atoms with van der Waals surface area (Å²) in [5, 5.41) is 5.73. The maximum atomic E-state index is 12.2. The van der Waals surface area contributed by atoms with E-state index in [9.17, 15) is 9.59 Å². The number of nitrogens with zero attached hydrogens (tertiary/aromatic N) is 2. The maximum absolute atomic E-state index is 12.2. The SMILES string of the molecule is CC(C)CC(=O)Nc1ccc(NC(=O)CCn2cnc3ccccc32)cc1. The molecule has 3 aromatic rings. The fourth-order valence-corrected chi connectivity index (χ4v) is 2.85. The van der Waals surface area contributed by atoms with E-state index in [2.05, 4.69) is 15.6 Å². The molecule has 1 heterocycles. The zero-order chi connectivity index (χ0) is 19.2. The van der Waals surface area contributed by atoms with Crippen LogP contribution >= 0.6 is 0 Å². The number of hydrogen-bond acceptors (Lipinski definition) is 3. The number of aromatic nitrogens is 2. The van der Waals surface area contributed by atoms with E-state index in [0.717, 1.165) is 16.7 Å². The molecule has 0 radical (unpaired) electrons. The number of nitrogens with one attached hydrogen (secondary N) is 2. The Hall–Kier alpha value is -3.15. The van der Waals surface area contributed by atoms with Crippen LogP contribution in [-0.2, 0) is 16.1 Å². The van der Waals surface area contributed by atoms with Gasteiger partial charge in [-0.25, -0.2) is 4.98 Å². The molecule has 0 unspecified atom stereocenters. The average Bonchev–Trinajstić information content (AvgIpc) is 3.04. The van der Waals surface area contributed by atoms with E-state index in [1.54, 1.807) is 30.6 Å². The van der Waals surface area contributed by atoms with Gasteiger partial charge in [0.1, 0.15) is 0 Å². The van der Waals surface area contributed by atoms with Gasteiger partial charge in [-0.05, 0) is 42.3 Å². The molecule has 0 aliphatic carbocycles. The number of anilines is 2. The normalized spacial score (nSPS) is 10.9. The summed E-state index contributed by atoms with van der Waals surface area (Å²) in [6.07, 6.45) is 2.60. The molecule has 140 valence electrons. The molecular weight excluding hydrogens is 340 g/mol. The molecule has 2 N–H and O–H groups in total. The Morgan fingerprint density at radius 2 is 1.59 bits per heavy atom. The minimum Gasteiger partial charge on any atom is -0.330 e. The summed E-state index contributed by atoms with van der Waals surface area (Å²) >= 11 is 0. The van der Waals surface area contributed by atoms with Gasteiger partial charge < -0.3 is 15.2 Å². The molecule has 0 aliphatic heterocycles. The van der Waals surface area contributed by atoms with Crippen molar-refractivity contribution < 1.29 is 9.59 Å². The summed E-state index contributed by atoms with van der Waals surface area (Å²) in [5.74, 6) is 0.245. The van der Waals surface area contributed by atoms with Crippen LogP contribution in [0.2, 0.25) is 0 Å². The zero-order valence-electron chi connectivity index (χ0n) is 15.6. The van der Waals surface area contributed by atoms with Gasteiger partial charge in [0.2, 0.25) is 11.8 Å². The monoisotopic (exact) mass is 364 g/mol. The zero-order valence-corrected chi connectivity index (χ0v) is 15.6. The van der Waals surface area contributed by atoms with E-state index < -0.39 is 0 Å². The standard InChI is InChI=1S/C21H24N4O2/c1-15(2)13-21(27)24-17-9-7-16(8-10-17)23-20(26)11-12-25-14-22-18-5-3-4-6-19(18)25/h3-10,14-15H,11-13H2,1-2H3,(H,23,26)(H,24,27). The van der Waals surface area contributed by atoms with Gasteiger partial charge in [-0.15, -0.1) is 0 Å². The van der Waals surface area contributed by atoms with Crippen LogP contribution in [0.4, 0.5) is 11.4 Å². The number of fused-ring (bicyclic) bond motifs is 1. The Morgan fingerprint density at radius 1 is 0.963 bits per heavy atom. The minimum atomic E-state index is -0.0654. The molecule has 0 aliphatic rings. The molecule has 0 fully saturated rings. The smallest absolute Gasteiger partial charge is 0.226 e. The number of rotatable bonds is 7. The number of aryl methyl sites for hydroxylation is 1. The molecule has 2 aromatic carbocycles. The summed E-state index contributed by atoms with van der Waals surface area (Å²) in [7, 11) is 0. The van der Waals surface area contributed by atoms with E-state index in [4.69, 9.17) is 0 Å². The van der Waals surface area contributed by atoms with E-state index >= 15 is 0 Å². The van der Waals surface area contributed by atoms with Crippen LogP contribution in [0, 0.1) is 5.92 Å². The van der Waals surface area contributed by atoms with Crippen LogP contribution in [0.5, 0.6) is 0 Å². The maximum Gasteiger partial charge on any atom is 0.226 e. The van der Waals surface area contributed by atoms with Gasteiger partial charge in [0.05, 0.1) is 17.4 Å². The molecule has 1 aromatic heterocycles. The summed E-state index contributed by atoms with van der Waals surface area (Å²) in [5.41, 5.74) is 3.38. The highest BCUT2D eigenvalue weighted by Crippen LogP contribution is 2.16. The van der Waals surface area contributed by atoms with Crippen molar-refractivity contribution in [3.8, 4) is 0 Å². The second-order valence-corrected chi connectivity index (χ2v) is 6.95. The van der Waals surface area contributed by atoms with Gasteiger partial charge in [-0.2, -0.15) is 0 Å². The predicted molar refractivity (Wildman–Crippen MR) is 108 cm³/mol. The predicted octanol–water partition coefficient (Wildman–Crippen LogP) is 4.05. The Morgan fingerprint density at radius 3 is 2.26 bits per heavy atom. The Balaban J connectivity index is 1.51. The van der Waals surface area contributed by atoms with E-state index in [1.807, 2.05) is 42.7 Å². The molecule has 2 amide bonds. The van der Waals surface area contributed by atoms with Crippen LogP contribution in [0.15, 0.2) is 54.9 Å². The summed E-state index contributed by atoms with van der Waals surface area (Å²) < 4.78 is 1.97. The molecule has 27 heavy (non-hydrogen) atoms. The Kier molecular flexibility index (Phi) is 5.86. The highest BCUT2D eigenvalue weighted by Gasteiger charge is 2.07. The largest absolute Gasteiger partial charge is 0.330 e. The lowest BCUT2D eigenvalue weighted by molar-refractivity contribution is -0.117. The van der Waals surface area contributed by atoms with Crippen LogP contribution in [0.1, 0.15) is 26.7 Å². The molecule has 0 saturated carbocycles. The van der Waals surface area contributed by atoms with Crippen LogP contribution < -0.4 is 10.6 Å². The highest BCUT2D eigenvalue weighted by atomic mass is 16.2. The number of imidazole rings is 1. The van der Waals surface area contributed by atoms with Crippen molar-refractivity contribution >= 4 is 34.2 Å². The minimum absolute atomic E-state index is 0.00524. The fraction of sp³-hybridized carbons (Fsp3) is 0.286. The van der Waals surface area contributed by atoms with Gasteiger partial charge in [0.15, 0.2) is 0 Å². The Bertz CT molecular complexity index is 929. The fourth-order valence-electron chi connectivity index (χ4n) is 2.85. The third kappa shape index (κ3) is 5.17. The number of hydrogen-bond donors (Lipinski definition) is 2. The lowest BCUT2D eigenvalue weighted by atomic mass is 10.1. The van der Waals surface area contributed by atoms with Gasteiger partial charge >= 0.3 is 0 Å². The van der Waals surface area contributed by atoms with Crippen molar-refractivity contribution in [1.82, 2.24) is 9.55 Å². The first-order valence-corrected chi connectivity index (χ1v) is 9.11. The quantitative estimate of drug-likeness (QED) is 0.664. The van der Waals surface area contributed by atoms with Gasteiger partial charge in [0.25, 0.3) is 0 Å². The second-order valence-electron chi connectivity index (χ2n) is 6.95. The van der Waals surface area contributed by atoms with Crippen molar-refractivity contribution in [1.29, 1.82) is 0 Å². The lowest BCUT2D eigenvalue weighted by Crippen LogP contribution is -2.15.